The maximum atomic E-state index is 11.9. The molecule has 7 nitrogen and oxygen atoms in total. The molecule has 0 saturated carbocycles. The molecule has 0 fully saturated rings. The van der Waals surface area contributed by atoms with Crippen LogP contribution in [-0.4, -0.2) is 27.6 Å². The van der Waals surface area contributed by atoms with Crippen LogP contribution in [0.1, 0.15) is 24.2 Å². The molecule has 3 rings (SSSR count). The van der Waals surface area contributed by atoms with Gasteiger partial charge in [0.05, 0.1) is 22.4 Å². The molecular formula is C15H14N4O3. The van der Waals surface area contributed by atoms with Crippen LogP contribution < -0.4 is 5.43 Å². The van der Waals surface area contributed by atoms with Crippen molar-refractivity contribution in [3.63, 3.8) is 0 Å². The van der Waals surface area contributed by atoms with E-state index in [0.29, 0.717) is 11.4 Å². The van der Waals surface area contributed by atoms with Gasteiger partial charge in [-0.05, 0) is 19.1 Å². The SMILES string of the molecule is Cc1nc2ccccc2nc1COC(=O)C1=NNC(=O)CC1. The summed E-state index contributed by atoms with van der Waals surface area (Å²) < 4.78 is 5.21. The van der Waals surface area contributed by atoms with Gasteiger partial charge in [0.25, 0.3) is 0 Å². The number of carbonyl (C=O) groups excluding carboxylic acids is 2. The lowest BCUT2D eigenvalue weighted by Gasteiger charge is -2.12. The number of carbonyl (C=O) groups is 2. The number of benzene rings is 1. The normalized spacial score (nSPS) is 14.4. The number of aromatic nitrogens is 2. The molecule has 22 heavy (non-hydrogen) atoms. The van der Waals surface area contributed by atoms with E-state index in [-0.39, 0.29) is 31.1 Å². The first-order valence-corrected chi connectivity index (χ1v) is 6.88. The van der Waals surface area contributed by atoms with E-state index in [9.17, 15) is 9.59 Å². The first-order chi connectivity index (χ1) is 10.6. The Labute approximate surface area is 126 Å². The van der Waals surface area contributed by atoms with Gasteiger partial charge in [-0.2, -0.15) is 5.10 Å². The standard InChI is InChI=1S/C15H14N4O3/c1-9-13(17-11-5-3-2-4-10(11)16-9)8-22-15(21)12-6-7-14(20)19-18-12/h2-5H,6-8H2,1H3,(H,19,20). The van der Waals surface area contributed by atoms with Gasteiger partial charge in [-0.3, -0.25) is 4.79 Å². The Morgan fingerprint density at radius 2 is 1.95 bits per heavy atom. The predicted octanol–water partition coefficient (Wildman–Crippen LogP) is 1.25. The van der Waals surface area contributed by atoms with E-state index in [4.69, 9.17) is 4.74 Å². The van der Waals surface area contributed by atoms with Crippen LogP contribution in [0, 0.1) is 6.92 Å². The van der Waals surface area contributed by atoms with Crippen molar-refractivity contribution in [2.45, 2.75) is 26.4 Å². The van der Waals surface area contributed by atoms with Crippen molar-refractivity contribution in [3.05, 3.63) is 35.7 Å². The Morgan fingerprint density at radius 3 is 2.64 bits per heavy atom. The number of nitrogens with zero attached hydrogens (tertiary/aromatic N) is 3. The molecule has 0 bridgehead atoms. The number of fused-ring (bicyclic) bond motifs is 1. The highest BCUT2D eigenvalue weighted by Gasteiger charge is 2.20. The quantitative estimate of drug-likeness (QED) is 0.861. The molecule has 2 heterocycles. The monoisotopic (exact) mass is 298 g/mol. The number of hydrogen-bond acceptors (Lipinski definition) is 6. The van der Waals surface area contributed by atoms with E-state index < -0.39 is 5.97 Å². The van der Waals surface area contributed by atoms with E-state index >= 15 is 0 Å². The van der Waals surface area contributed by atoms with Gasteiger partial charge in [0, 0.05) is 12.8 Å². The van der Waals surface area contributed by atoms with Crippen molar-refractivity contribution in [2.75, 3.05) is 0 Å². The number of amides is 1. The largest absolute Gasteiger partial charge is 0.455 e. The molecule has 7 heteroatoms. The van der Waals surface area contributed by atoms with Crippen LogP contribution in [0.15, 0.2) is 29.4 Å². The number of ether oxygens (including phenoxy) is 1. The van der Waals surface area contributed by atoms with Gasteiger partial charge in [0.15, 0.2) is 0 Å². The number of aryl methyl sites for hydroxylation is 1. The molecule has 0 radical (unpaired) electrons. The summed E-state index contributed by atoms with van der Waals surface area (Å²) in [7, 11) is 0. The van der Waals surface area contributed by atoms with Crippen molar-refractivity contribution in [1.82, 2.24) is 15.4 Å². The predicted molar refractivity (Wildman–Crippen MR) is 78.9 cm³/mol. The number of esters is 1. The molecule has 0 aliphatic carbocycles. The molecule has 1 N–H and O–H groups in total. The highest BCUT2D eigenvalue weighted by atomic mass is 16.5. The summed E-state index contributed by atoms with van der Waals surface area (Å²) in [6.45, 7) is 1.84. The third kappa shape index (κ3) is 2.93. The van der Waals surface area contributed by atoms with E-state index in [1.165, 1.54) is 0 Å². The second-order valence-corrected chi connectivity index (χ2v) is 4.91. The first-order valence-electron chi connectivity index (χ1n) is 6.88. The molecule has 0 unspecified atom stereocenters. The van der Waals surface area contributed by atoms with E-state index in [1.807, 2.05) is 31.2 Å². The average Bonchev–Trinajstić information content (AvgIpc) is 2.53. The summed E-state index contributed by atoms with van der Waals surface area (Å²) in [4.78, 5) is 31.8. The van der Waals surface area contributed by atoms with Crippen LogP contribution >= 0.6 is 0 Å². The second-order valence-electron chi connectivity index (χ2n) is 4.91. The maximum Gasteiger partial charge on any atom is 0.354 e. The van der Waals surface area contributed by atoms with Gasteiger partial charge in [0.2, 0.25) is 5.91 Å². The Morgan fingerprint density at radius 1 is 1.23 bits per heavy atom. The summed E-state index contributed by atoms with van der Waals surface area (Å²) in [5, 5.41) is 3.70. The minimum Gasteiger partial charge on any atom is -0.455 e. The summed E-state index contributed by atoms with van der Waals surface area (Å²) in [5.41, 5.74) is 5.35. The van der Waals surface area contributed by atoms with Gasteiger partial charge < -0.3 is 4.74 Å². The Hall–Kier alpha value is -2.83. The molecule has 0 saturated heterocycles. The molecule has 0 atom stereocenters. The fraction of sp³-hybridized carbons (Fsp3) is 0.267. The molecule has 2 aromatic rings. The maximum absolute atomic E-state index is 11.9. The van der Waals surface area contributed by atoms with E-state index in [0.717, 1.165) is 11.0 Å². The zero-order valence-corrected chi connectivity index (χ0v) is 12.0. The minimum atomic E-state index is -0.547. The lowest BCUT2D eigenvalue weighted by Crippen LogP contribution is -2.30. The molecule has 1 amide bonds. The highest BCUT2D eigenvalue weighted by Crippen LogP contribution is 2.13. The van der Waals surface area contributed by atoms with Crippen molar-refractivity contribution in [2.24, 2.45) is 5.10 Å². The summed E-state index contributed by atoms with van der Waals surface area (Å²) >= 11 is 0. The third-order valence-electron chi connectivity index (χ3n) is 3.32. The minimum absolute atomic E-state index is 0.0233. The van der Waals surface area contributed by atoms with Crippen molar-refractivity contribution >= 4 is 28.6 Å². The van der Waals surface area contributed by atoms with Gasteiger partial charge in [-0.15, -0.1) is 0 Å². The first kappa shape index (κ1) is 14.1. The van der Waals surface area contributed by atoms with Gasteiger partial charge in [-0.1, -0.05) is 12.1 Å². The smallest absolute Gasteiger partial charge is 0.354 e. The fourth-order valence-corrected chi connectivity index (χ4v) is 2.10. The van der Waals surface area contributed by atoms with Crippen LogP contribution in [0.25, 0.3) is 11.0 Å². The van der Waals surface area contributed by atoms with Gasteiger partial charge >= 0.3 is 5.97 Å². The van der Waals surface area contributed by atoms with Crippen molar-refractivity contribution in [1.29, 1.82) is 0 Å². The van der Waals surface area contributed by atoms with Gasteiger partial charge in [0.1, 0.15) is 12.3 Å². The van der Waals surface area contributed by atoms with E-state index in [2.05, 4.69) is 20.5 Å². The molecule has 1 aromatic heterocycles. The number of hydrazone groups is 1. The second kappa shape index (κ2) is 5.88. The van der Waals surface area contributed by atoms with E-state index in [1.54, 1.807) is 0 Å². The lowest BCUT2D eigenvalue weighted by atomic mass is 10.2. The molecule has 1 aromatic carbocycles. The number of para-hydroxylation sites is 2. The Bertz CT molecular complexity index is 785. The summed E-state index contributed by atoms with van der Waals surface area (Å²) in [5.74, 6) is -0.748. The Balaban J connectivity index is 1.72. The molecule has 1 aliphatic heterocycles. The van der Waals surface area contributed by atoms with Crippen LogP contribution in [0.4, 0.5) is 0 Å². The molecule has 0 spiro atoms. The summed E-state index contributed by atoms with van der Waals surface area (Å²) in [6.07, 6.45) is 0.524. The molecular weight excluding hydrogens is 284 g/mol. The van der Waals surface area contributed by atoms with Crippen molar-refractivity contribution < 1.29 is 14.3 Å². The highest BCUT2D eigenvalue weighted by molar-refractivity contribution is 6.37. The van der Waals surface area contributed by atoms with Gasteiger partial charge in [-0.25, -0.2) is 20.2 Å². The molecule has 112 valence electrons. The van der Waals surface area contributed by atoms with Crippen LogP contribution in [0.5, 0.6) is 0 Å². The Kier molecular flexibility index (Phi) is 3.78. The number of hydrogen-bond donors (Lipinski definition) is 1. The van der Waals surface area contributed by atoms with Crippen LogP contribution in [0.2, 0.25) is 0 Å². The lowest BCUT2D eigenvalue weighted by molar-refractivity contribution is -0.137. The van der Waals surface area contributed by atoms with Crippen molar-refractivity contribution in [3.8, 4) is 0 Å². The number of rotatable bonds is 3. The third-order valence-corrected chi connectivity index (χ3v) is 3.32. The topological polar surface area (TPSA) is 93.5 Å². The fourth-order valence-electron chi connectivity index (χ4n) is 2.10. The number of nitrogens with one attached hydrogen (secondary N) is 1. The summed E-state index contributed by atoms with van der Waals surface area (Å²) in [6, 6.07) is 7.51. The molecule has 1 aliphatic rings. The van der Waals surface area contributed by atoms with Crippen LogP contribution in [0.3, 0.4) is 0 Å². The van der Waals surface area contributed by atoms with Crippen LogP contribution in [-0.2, 0) is 20.9 Å². The zero-order chi connectivity index (χ0) is 15.5. The zero-order valence-electron chi connectivity index (χ0n) is 12.0. The average molecular weight is 298 g/mol.